The summed E-state index contributed by atoms with van der Waals surface area (Å²) in [6, 6.07) is 5.84. The number of hydrogen-bond acceptors (Lipinski definition) is 2. The molecule has 1 aromatic rings. The van der Waals surface area contributed by atoms with Gasteiger partial charge in [0.2, 0.25) is 0 Å². The highest BCUT2D eigenvalue weighted by Gasteiger charge is 2.13. The Balaban J connectivity index is 2.27. The molecule has 1 aliphatic rings. The molecule has 0 aliphatic carbocycles. The van der Waals surface area contributed by atoms with E-state index in [4.69, 9.17) is 0 Å². The molecule has 2 nitrogen and oxygen atoms in total. The maximum atomic E-state index is 9.64. The molecule has 0 saturated heterocycles. The summed E-state index contributed by atoms with van der Waals surface area (Å²) in [5.41, 5.74) is 3.40. The van der Waals surface area contributed by atoms with Crippen LogP contribution in [0.2, 0.25) is 0 Å². The molecule has 0 radical (unpaired) electrons. The lowest BCUT2D eigenvalue weighted by atomic mass is 9.94. The molecule has 0 saturated carbocycles. The van der Waals surface area contributed by atoms with Crippen LogP contribution in [0.25, 0.3) is 0 Å². The lowest BCUT2D eigenvalue weighted by Gasteiger charge is -2.18. The van der Waals surface area contributed by atoms with Crippen LogP contribution < -0.4 is 0 Å². The molecule has 1 heterocycles. The van der Waals surface area contributed by atoms with E-state index in [-0.39, 0.29) is 0 Å². The summed E-state index contributed by atoms with van der Waals surface area (Å²) in [4.78, 5) is 4.62. The molecular weight excluding hydrogens is 198 g/mol. The van der Waals surface area contributed by atoms with Crippen LogP contribution in [0.1, 0.15) is 37.8 Å². The molecule has 0 bridgehead atoms. The van der Waals surface area contributed by atoms with E-state index in [0.29, 0.717) is 11.7 Å². The van der Waals surface area contributed by atoms with Crippen molar-refractivity contribution in [3.05, 3.63) is 29.3 Å². The zero-order chi connectivity index (χ0) is 11.5. The Morgan fingerprint density at radius 1 is 1.44 bits per heavy atom. The van der Waals surface area contributed by atoms with Crippen molar-refractivity contribution in [1.82, 2.24) is 0 Å². The van der Waals surface area contributed by atoms with Crippen LogP contribution in [-0.4, -0.2) is 17.4 Å². The van der Waals surface area contributed by atoms with E-state index in [2.05, 4.69) is 24.9 Å². The summed E-state index contributed by atoms with van der Waals surface area (Å²) in [5.74, 6) is 1.11. The Morgan fingerprint density at radius 2 is 2.25 bits per heavy atom. The third kappa shape index (κ3) is 2.26. The van der Waals surface area contributed by atoms with Crippen LogP contribution in [0.4, 0.5) is 0 Å². The smallest absolute Gasteiger partial charge is 0.118 e. The average Bonchev–Trinajstić information content (AvgIpc) is 2.31. The SMILES string of the molecule is CCc1cc(C2=NCC(C)CC2)ccc1O. The topological polar surface area (TPSA) is 32.6 Å². The fourth-order valence-corrected chi connectivity index (χ4v) is 2.10. The minimum Gasteiger partial charge on any atom is -0.508 e. The number of hydrogen-bond donors (Lipinski definition) is 1. The van der Waals surface area contributed by atoms with Gasteiger partial charge in [-0.25, -0.2) is 0 Å². The van der Waals surface area contributed by atoms with Gasteiger partial charge in [0.05, 0.1) is 0 Å². The Morgan fingerprint density at radius 3 is 2.88 bits per heavy atom. The first-order valence-electron chi connectivity index (χ1n) is 6.06. The Bertz CT molecular complexity index is 409. The van der Waals surface area contributed by atoms with Gasteiger partial charge in [-0.05, 0) is 54.5 Å². The van der Waals surface area contributed by atoms with E-state index < -0.39 is 0 Å². The van der Waals surface area contributed by atoms with Gasteiger partial charge in [-0.2, -0.15) is 0 Å². The predicted octanol–water partition coefficient (Wildman–Crippen LogP) is 3.17. The first-order chi connectivity index (χ1) is 7.70. The lowest BCUT2D eigenvalue weighted by Crippen LogP contribution is -2.14. The van der Waals surface area contributed by atoms with Crippen molar-refractivity contribution >= 4 is 5.71 Å². The molecule has 0 spiro atoms. The summed E-state index contributed by atoms with van der Waals surface area (Å²) in [6.07, 6.45) is 3.15. The molecule has 1 atom stereocenters. The van der Waals surface area contributed by atoms with Crippen molar-refractivity contribution in [3.8, 4) is 5.75 Å². The van der Waals surface area contributed by atoms with E-state index >= 15 is 0 Å². The molecule has 1 N–H and O–H groups in total. The van der Waals surface area contributed by atoms with Gasteiger partial charge in [-0.15, -0.1) is 0 Å². The molecule has 1 aromatic carbocycles. The average molecular weight is 217 g/mol. The van der Waals surface area contributed by atoms with Crippen LogP contribution in [0.3, 0.4) is 0 Å². The van der Waals surface area contributed by atoms with Crippen molar-refractivity contribution in [2.45, 2.75) is 33.1 Å². The molecule has 0 aromatic heterocycles. The molecule has 1 unspecified atom stereocenters. The van der Waals surface area contributed by atoms with Crippen LogP contribution >= 0.6 is 0 Å². The van der Waals surface area contributed by atoms with E-state index in [1.165, 1.54) is 17.7 Å². The Kier molecular flexibility index (Phi) is 3.28. The molecule has 86 valence electrons. The number of aromatic hydroxyl groups is 1. The Labute approximate surface area is 97.0 Å². The number of phenolic OH excluding ortho intramolecular Hbond substituents is 1. The second-order valence-electron chi connectivity index (χ2n) is 4.63. The molecule has 0 fully saturated rings. The first kappa shape index (κ1) is 11.2. The highest BCUT2D eigenvalue weighted by atomic mass is 16.3. The third-order valence-electron chi connectivity index (χ3n) is 3.26. The lowest BCUT2D eigenvalue weighted by molar-refractivity contribution is 0.469. The van der Waals surface area contributed by atoms with Gasteiger partial charge < -0.3 is 5.11 Å². The monoisotopic (exact) mass is 217 g/mol. The maximum Gasteiger partial charge on any atom is 0.118 e. The predicted molar refractivity (Wildman–Crippen MR) is 67.3 cm³/mol. The summed E-state index contributed by atoms with van der Waals surface area (Å²) in [7, 11) is 0. The van der Waals surface area contributed by atoms with Gasteiger partial charge >= 0.3 is 0 Å². The maximum absolute atomic E-state index is 9.64. The number of aryl methyl sites for hydroxylation is 1. The summed E-state index contributed by atoms with van der Waals surface area (Å²) >= 11 is 0. The van der Waals surface area contributed by atoms with Gasteiger partial charge in [0.15, 0.2) is 0 Å². The zero-order valence-electron chi connectivity index (χ0n) is 10.0. The fraction of sp³-hybridized carbons (Fsp3) is 0.500. The molecule has 16 heavy (non-hydrogen) atoms. The number of phenols is 1. The molecular formula is C14H19NO. The number of benzene rings is 1. The quantitative estimate of drug-likeness (QED) is 0.810. The second-order valence-corrected chi connectivity index (χ2v) is 4.63. The van der Waals surface area contributed by atoms with Crippen LogP contribution in [0, 0.1) is 5.92 Å². The Hall–Kier alpha value is -1.31. The van der Waals surface area contributed by atoms with Crippen molar-refractivity contribution in [2.24, 2.45) is 10.9 Å². The molecule has 0 amide bonds. The highest BCUT2D eigenvalue weighted by Crippen LogP contribution is 2.23. The van der Waals surface area contributed by atoms with Gasteiger partial charge in [-0.3, -0.25) is 4.99 Å². The zero-order valence-corrected chi connectivity index (χ0v) is 10.0. The highest BCUT2D eigenvalue weighted by molar-refractivity contribution is 6.01. The molecule has 2 heteroatoms. The van der Waals surface area contributed by atoms with Crippen molar-refractivity contribution < 1.29 is 5.11 Å². The fourth-order valence-electron chi connectivity index (χ4n) is 2.10. The van der Waals surface area contributed by atoms with Gasteiger partial charge in [0, 0.05) is 12.3 Å². The van der Waals surface area contributed by atoms with Crippen LogP contribution in [0.15, 0.2) is 23.2 Å². The number of aliphatic imine (C=N–C) groups is 1. The number of rotatable bonds is 2. The van der Waals surface area contributed by atoms with Crippen LogP contribution in [0.5, 0.6) is 5.75 Å². The first-order valence-corrected chi connectivity index (χ1v) is 6.06. The molecule has 1 aliphatic heterocycles. The molecule has 2 rings (SSSR count). The minimum absolute atomic E-state index is 0.399. The minimum atomic E-state index is 0.399. The standard InChI is InChI=1S/C14H19NO/c1-3-11-8-12(5-7-14(11)16)13-6-4-10(2)9-15-13/h5,7-8,10,16H,3-4,6,9H2,1-2H3. The van der Waals surface area contributed by atoms with E-state index in [9.17, 15) is 5.11 Å². The van der Waals surface area contributed by atoms with Crippen LogP contribution in [-0.2, 0) is 6.42 Å². The van der Waals surface area contributed by atoms with E-state index in [0.717, 1.165) is 24.9 Å². The van der Waals surface area contributed by atoms with E-state index in [1.54, 1.807) is 6.07 Å². The normalized spacial score (nSPS) is 20.6. The van der Waals surface area contributed by atoms with Crippen molar-refractivity contribution in [2.75, 3.05) is 6.54 Å². The van der Waals surface area contributed by atoms with Gasteiger partial charge in [0.25, 0.3) is 0 Å². The third-order valence-corrected chi connectivity index (χ3v) is 3.26. The summed E-state index contributed by atoms with van der Waals surface area (Å²) < 4.78 is 0. The second kappa shape index (κ2) is 4.69. The largest absolute Gasteiger partial charge is 0.508 e. The van der Waals surface area contributed by atoms with Gasteiger partial charge in [-0.1, -0.05) is 13.8 Å². The van der Waals surface area contributed by atoms with Crippen molar-refractivity contribution in [3.63, 3.8) is 0 Å². The number of nitrogens with zero attached hydrogens (tertiary/aromatic N) is 1. The van der Waals surface area contributed by atoms with E-state index in [1.807, 2.05) is 6.07 Å². The van der Waals surface area contributed by atoms with Gasteiger partial charge in [0.1, 0.15) is 5.75 Å². The summed E-state index contributed by atoms with van der Waals surface area (Å²) in [6.45, 7) is 5.25. The van der Waals surface area contributed by atoms with Crippen molar-refractivity contribution in [1.29, 1.82) is 0 Å². The summed E-state index contributed by atoms with van der Waals surface area (Å²) in [5, 5.41) is 9.64.